The zero-order chi connectivity index (χ0) is 18.6. The molecule has 4 aromatic rings. The molecule has 1 N–H and O–H groups in total. The summed E-state index contributed by atoms with van der Waals surface area (Å²) in [5.74, 6) is 1.64. The van der Waals surface area contributed by atoms with Gasteiger partial charge in [0.1, 0.15) is 24.3 Å². The van der Waals surface area contributed by atoms with Crippen LogP contribution in [0.2, 0.25) is 0 Å². The maximum absolute atomic E-state index is 10.4. The number of aromatic nitrogens is 2. The van der Waals surface area contributed by atoms with Crippen molar-refractivity contribution in [3.63, 3.8) is 0 Å². The molecule has 0 fully saturated rings. The number of aliphatic hydroxyl groups excluding tert-OH is 1. The van der Waals surface area contributed by atoms with Gasteiger partial charge < -0.3 is 14.4 Å². The number of rotatable bonds is 6. The maximum Gasteiger partial charge on any atom is 0.119 e. The number of benzene rings is 3. The lowest BCUT2D eigenvalue weighted by Crippen LogP contribution is -2.24. The first kappa shape index (κ1) is 17.3. The van der Waals surface area contributed by atoms with Crippen LogP contribution >= 0.6 is 0 Å². The van der Waals surface area contributed by atoms with Gasteiger partial charge in [-0.2, -0.15) is 0 Å². The van der Waals surface area contributed by atoms with Crippen molar-refractivity contribution in [2.45, 2.75) is 19.6 Å². The zero-order valence-corrected chi connectivity index (χ0v) is 15.2. The van der Waals surface area contributed by atoms with Gasteiger partial charge in [-0.1, -0.05) is 54.6 Å². The lowest BCUT2D eigenvalue weighted by Gasteiger charge is -2.15. The number of aryl methyl sites for hydroxylation is 1. The molecule has 0 aliphatic heterocycles. The molecule has 4 nitrogen and oxygen atoms in total. The molecule has 0 saturated heterocycles. The Hall–Kier alpha value is -3.11. The topological polar surface area (TPSA) is 47.3 Å². The molecular weight excluding hydrogens is 336 g/mol. The lowest BCUT2D eigenvalue weighted by atomic mass is 10.1. The lowest BCUT2D eigenvalue weighted by molar-refractivity contribution is 0.0929. The fourth-order valence-corrected chi connectivity index (χ4v) is 3.26. The van der Waals surface area contributed by atoms with E-state index in [4.69, 9.17) is 4.74 Å². The fraction of sp³-hybridized carbons (Fsp3) is 0.174. The minimum Gasteiger partial charge on any atom is -0.491 e. The smallest absolute Gasteiger partial charge is 0.119 e. The summed E-state index contributed by atoms with van der Waals surface area (Å²) in [6, 6.07) is 26.1. The molecule has 136 valence electrons. The molecule has 0 radical (unpaired) electrons. The monoisotopic (exact) mass is 358 g/mol. The normalized spacial score (nSPS) is 12.2. The first-order valence-electron chi connectivity index (χ1n) is 9.09. The molecule has 3 aromatic carbocycles. The van der Waals surface area contributed by atoms with E-state index >= 15 is 0 Å². The largest absolute Gasteiger partial charge is 0.491 e. The Morgan fingerprint density at radius 1 is 0.889 bits per heavy atom. The second kappa shape index (κ2) is 7.64. The van der Waals surface area contributed by atoms with Gasteiger partial charge >= 0.3 is 0 Å². The Kier molecular flexibility index (Phi) is 4.90. The van der Waals surface area contributed by atoms with E-state index in [1.807, 2.05) is 78.2 Å². The van der Waals surface area contributed by atoms with Crippen LogP contribution < -0.4 is 4.74 Å². The van der Waals surface area contributed by atoms with Gasteiger partial charge in [0.05, 0.1) is 17.6 Å². The van der Waals surface area contributed by atoms with Crippen LogP contribution in [0.15, 0.2) is 78.9 Å². The van der Waals surface area contributed by atoms with Crippen molar-refractivity contribution in [2.75, 3.05) is 6.61 Å². The van der Waals surface area contributed by atoms with Crippen molar-refractivity contribution in [2.24, 2.45) is 0 Å². The number of nitrogens with zero attached hydrogens (tertiary/aromatic N) is 2. The summed E-state index contributed by atoms with van der Waals surface area (Å²) in [5, 5.41) is 10.4. The highest BCUT2D eigenvalue weighted by Crippen LogP contribution is 2.22. The highest BCUT2D eigenvalue weighted by Gasteiger charge is 2.12. The molecule has 0 aliphatic carbocycles. The summed E-state index contributed by atoms with van der Waals surface area (Å²) in [6.07, 6.45) is -0.616. The number of ether oxygens (including phenoxy) is 1. The van der Waals surface area contributed by atoms with Gasteiger partial charge in [0.2, 0.25) is 0 Å². The van der Waals surface area contributed by atoms with E-state index in [0.29, 0.717) is 6.54 Å². The standard InChI is InChI=1S/C23H22N2O2/c1-17-24-22-9-5-6-10-23(22)25(17)15-20(26)16-27-21-13-11-19(12-14-21)18-7-3-2-4-8-18/h2-14,20,26H,15-16H2,1H3/t20-/m1/s1. The molecule has 0 saturated carbocycles. The first-order valence-corrected chi connectivity index (χ1v) is 9.09. The van der Waals surface area contributed by atoms with Gasteiger partial charge in [0.25, 0.3) is 0 Å². The summed E-state index contributed by atoms with van der Waals surface area (Å²) in [5.41, 5.74) is 4.29. The van der Waals surface area contributed by atoms with Crippen molar-refractivity contribution in [3.05, 3.63) is 84.7 Å². The molecule has 0 amide bonds. The fourth-order valence-electron chi connectivity index (χ4n) is 3.26. The number of para-hydroxylation sites is 2. The third-order valence-corrected chi connectivity index (χ3v) is 4.64. The van der Waals surface area contributed by atoms with Crippen LogP contribution in [0.25, 0.3) is 22.2 Å². The van der Waals surface area contributed by atoms with Crippen molar-refractivity contribution < 1.29 is 9.84 Å². The Bertz CT molecular complexity index is 1020. The maximum atomic E-state index is 10.4. The van der Waals surface area contributed by atoms with Crippen molar-refractivity contribution >= 4 is 11.0 Å². The molecule has 1 aromatic heterocycles. The Morgan fingerprint density at radius 3 is 2.33 bits per heavy atom. The number of hydrogen-bond donors (Lipinski definition) is 1. The van der Waals surface area contributed by atoms with Gasteiger partial charge in [0.15, 0.2) is 0 Å². The second-order valence-corrected chi connectivity index (χ2v) is 6.61. The summed E-state index contributed by atoms with van der Waals surface area (Å²) in [6.45, 7) is 2.64. The molecular formula is C23H22N2O2. The Labute approximate surface area is 158 Å². The summed E-state index contributed by atoms with van der Waals surface area (Å²) in [7, 11) is 0. The van der Waals surface area contributed by atoms with E-state index < -0.39 is 6.10 Å². The molecule has 0 spiro atoms. The average Bonchev–Trinajstić information content (AvgIpc) is 3.03. The van der Waals surface area contributed by atoms with Crippen molar-refractivity contribution in [3.8, 4) is 16.9 Å². The van der Waals surface area contributed by atoms with Gasteiger partial charge in [-0.15, -0.1) is 0 Å². The molecule has 4 heteroatoms. The number of fused-ring (bicyclic) bond motifs is 1. The Balaban J connectivity index is 1.39. The summed E-state index contributed by atoms with van der Waals surface area (Å²) >= 11 is 0. The van der Waals surface area contributed by atoms with Crippen LogP contribution in [0.3, 0.4) is 0 Å². The van der Waals surface area contributed by atoms with Crippen molar-refractivity contribution in [1.29, 1.82) is 0 Å². The number of imidazole rings is 1. The van der Waals surface area contributed by atoms with E-state index in [9.17, 15) is 5.11 Å². The Morgan fingerprint density at radius 2 is 1.56 bits per heavy atom. The highest BCUT2D eigenvalue weighted by atomic mass is 16.5. The predicted molar refractivity (Wildman–Crippen MR) is 108 cm³/mol. The van der Waals surface area contributed by atoms with Gasteiger partial charge in [-0.05, 0) is 42.3 Å². The molecule has 27 heavy (non-hydrogen) atoms. The minimum atomic E-state index is -0.616. The zero-order valence-electron chi connectivity index (χ0n) is 15.2. The number of aliphatic hydroxyl groups is 1. The SMILES string of the molecule is Cc1nc2ccccc2n1C[C@@H](O)COc1ccc(-c2ccccc2)cc1. The van der Waals surface area contributed by atoms with Crippen LogP contribution in [0.1, 0.15) is 5.82 Å². The van der Waals surface area contributed by atoms with E-state index in [1.165, 1.54) is 5.56 Å². The molecule has 1 heterocycles. The predicted octanol–water partition coefficient (Wildman–Crippen LogP) is 4.45. The van der Waals surface area contributed by atoms with Gasteiger partial charge in [-0.3, -0.25) is 0 Å². The van der Waals surface area contributed by atoms with Gasteiger partial charge in [-0.25, -0.2) is 4.98 Å². The van der Waals surface area contributed by atoms with Crippen LogP contribution in [0.5, 0.6) is 5.75 Å². The van der Waals surface area contributed by atoms with E-state index in [0.717, 1.165) is 28.2 Å². The van der Waals surface area contributed by atoms with Crippen LogP contribution in [-0.4, -0.2) is 27.4 Å². The van der Waals surface area contributed by atoms with Crippen molar-refractivity contribution in [1.82, 2.24) is 9.55 Å². The molecule has 1 atom stereocenters. The average molecular weight is 358 g/mol. The summed E-state index contributed by atoms with van der Waals surface area (Å²) < 4.78 is 7.81. The molecule has 4 rings (SSSR count). The second-order valence-electron chi connectivity index (χ2n) is 6.61. The summed E-state index contributed by atoms with van der Waals surface area (Å²) in [4.78, 5) is 4.53. The third kappa shape index (κ3) is 3.86. The van der Waals surface area contributed by atoms with E-state index in [-0.39, 0.29) is 6.61 Å². The molecule has 0 aliphatic rings. The molecule has 0 bridgehead atoms. The van der Waals surface area contributed by atoms with Crippen LogP contribution in [0, 0.1) is 6.92 Å². The number of hydrogen-bond acceptors (Lipinski definition) is 3. The quantitative estimate of drug-likeness (QED) is 0.554. The minimum absolute atomic E-state index is 0.233. The van der Waals surface area contributed by atoms with Crippen LogP contribution in [-0.2, 0) is 6.54 Å². The first-order chi connectivity index (χ1) is 13.2. The van der Waals surface area contributed by atoms with Crippen LogP contribution in [0.4, 0.5) is 0 Å². The highest BCUT2D eigenvalue weighted by molar-refractivity contribution is 5.75. The third-order valence-electron chi connectivity index (χ3n) is 4.64. The van der Waals surface area contributed by atoms with Gasteiger partial charge in [0, 0.05) is 0 Å². The molecule has 0 unspecified atom stereocenters. The van der Waals surface area contributed by atoms with E-state index in [1.54, 1.807) is 0 Å². The van der Waals surface area contributed by atoms with E-state index in [2.05, 4.69) is 17.1 Å².